The lowest BCUT2D eigenvalue weighted by atomic mass is 10.1. The van der Waals surface area contributed by atoms with E-state index in [1.165, 1.54) is 0 Å². The number of ether oxygens (including phenoxy) is 1. The van der Waals surface area contributed by atoms with Gasteiger partial charge in [-0.05, 0) is 30.7 Å². The van der Waals surface area contributed by atoms with Crippen molar-refractivity contribution in [1.29, 1.82) is 0 Å². The van der Waals surface area contributed by atoms with Gasteiger partial charge in [-0.25, -0.2) is 9.97 Å². The monoisotopic (exact) mass is 498 g/mol. The predicted molar refractivity (Wildman–Crippen MR) is 145 cm³/mol. The maximum atomic E-state index is 5.98. The summed E-state index contributed by atoms with van der Waals surface area (Å²) in [6, 6.07) is 16.2. The van der Waals surface area contributed by atoms with Crippen LogP contribution in [-0.4, -0.2) is 39.7 Å². The molecule has 38 heavy (non-hydrogen) atoms. The molecule has 0 saturated carbocycles. The molecule has 0 amide bonds. The number of H-pyrrole nitrogens is 2. The van der Waals surface area contributed by atoms with Crippen LogP contribution in [0.5, 0.6) is 5.75 Å². The van der Waals surface area contributed by atoms with E-state index in [4.69, 9.17) is 4.74 Å². The SMILES string of the molecule is Cc1cn(-c2cncc3[nH]c(-c4[nH]nc5ncc(-c6cncc(OCc7ccccc7)c6)cc45)cc23)cn1. The summed E-state index contributed by atoms with van der Waals surface area (Å²) in [6.45, 7) is 2.44. The summed E-state index contributed by atoms with van der Waals surface area (Å²) in [7, 11) is 0. The van der Waals surface area contributed by atoms with E-state index in [-0.39, 0.29) is 0 Å². The molecular weight excluding hydrogens is 476 g/mol. The Hall–Kier alpha value is -5.31. The Morgan fingerprint density at radius 1 is 0.868 bits per heavy atom. The van der Waals surface area contributed by atoms with Gasteiger partial charge in [0.05, 0.1) is 53.2 Å². The summed E-state index contributed by atoms with van der Waals surface area (Å²) in [5.74, 6) is 0.698. The lowest BCUT2D eigenvalue weighted by Gasteiger charge is -2.08. The average Bonchev–Trinajstić information content (AvgIpc) is 3.70. The Kier molecular flexibility index (Phi) is 5.18. The van der Waals surface area contributed by atoms with E-state index >= 15 is 0 Å². The van der Waals surface area contributed by atoms with Crippen molar-refractivity contribution in [3.05, 3.63) is 103 Å². The Morgan fingerprint density at radius 2 is 1.74 bits per heavy atom. The number of pyridine rings is 3. The van der Waals surface area contributed by atoms with Gasteiger partial charge in [0.15, 0.2) is 5.65 Å². The van der Waals surface area contributed by atoms with Crippen LogP contribution in [-0.2, 0) is 6.61 Å². The molecule has 1 aromatic carbocycles. The molecule has 6 heterocycles. The number of nitrogens with one attached hydrogen (secondary N) is 2. The lowest BCUT2D eigenvalue weighted by molar-refractivity contribution is 0.305. The van der Waals surface area contributed by atoms with Crippen LogP contribution in [0.2, 0.25) is 0 Å². The van der Waals surface area contributed by atoms with Gasteiger partial charge in [0.1, 0.15) is 12.4 Å². The van der Waals surface area contributed by atoms with Gasteiger partial charge in [-0.3, -0.25) is 15.1 Å². The van der Waals surface area contributed by atoms with Gasteiger partial charge in [-0.15, -0.1) is 0 Å². The smallest absolute Gasteiger partial charge is 0.181 e. The number of hydrogen-bond acceptors (Lipinski definition) is 6. The van der Waals surface area contributed by atoms with E-state index in [1.54, 1.807) is 18.7 Å². The van der Waals surface area contributed by atoms with Crippen molar-refractivity contribution >= 4 is 21.9 Å². The zero-order valence-corrected chi connectivity index (χ0v) is 20.5. The lowest BCUT2D eigenvalue weighted by Crippen LogP contribution is -1.96. The van der Waals surface area contributed by atoms with E-state index in [1.807, 2.05) is 72.7 Å². The molecule has 0 atom stereocenters. The van der Waals surface area contributed by atoms with Crippen molar-refractivity contribution in [3.8, 4) is 34.0 Å². The van der Waals surface area contributed by atoms with Gasteiger partial charge in [0.2, 0.25) is 0 Å². The van der Waals surface area contributed by atoms with Crippen LogP contribution in [0.4, 0.5) is 0 Å². The molecule has 9 nitrogen and oxygen atoms in total. The number of nitrogens with zero attached hydrogens (tertiary/aromatic N) is 6. The Bertz CT molecular complexity index is 1900. The number of aromatic nitrogens is 8. The maximum Gasteiger partial charge on any atom is 0.181 e. The fraction of sp³-hybridized carbons (Fsp3) is 0.0690. The molecule has 0 radical (unpaired) electrons. The van der Waals surface area contributed by atoms with Crippen molar-refractivity contribution in [3.63, 3.8) is 0 Å². The highest BCUT2D eigenvalue weighted by Gasteiger charge is 2.15. The van der Waals surface area contributed by atoms with E-state index in [9.17, 15) is 0 Å². The molecule has 0 bridgehead atoms. The summed E-state index contributed by atoms with van der Waals surface area (Å²) in [6.07, 6.45) is 12.8. The summed E-state index contributed by atoms with van der Waals surface area (Å²) in [4.78, 5) is 21.2. The second kappa shape index (κ2) is 8.97. The molecule has 0 aliphatic heterocycles. The summed E-state index contributed by atoms with van der Waals surface area (Å²) in [5.41, 5.74) is 8.13. The van der Waals surface area contributed by atoms with Gasteiger partial charge < -0.3 is 14.3 Å². The quantitative estimate of drug-likeness (QED) is 0.307. The van der Waals surface area contributed by atoms with Crippen LogP contribution in [0.1, 0.15) is 11.3 Å². The highest BCUT2D eigenvalue weighted by Crippen LogP contribution is 2.33. The number of fused-ring (bicyclic) bond motifs is 2. The average molecular weight is 499 g/mol. The van der Waals surface area contributed by atoms with E-state index in [0.717, 1.165) is 55.7 Å². The first-order valence-corrected chi connectivity index (χ1v) is 12.2. The first-order chi connectivity index (χ1) is 18.7. The summed E-state index contributed by atoms with van der Waals surface area (Å²) in [5, 5.41) is 9.53. The van der Waals surface area contributed by atoms with Crippen molar-refractivity contribution in [2.45, 2.75) is 13.5 Å². The Morgan fingerprint density at radius 3 is 2.61 bits per heavy atom. The second-order valence-corrected chi connectivity index (χ2v) is 9.10. The zero-order chi connectivity index (χ0) is 25.5. The third-order valence-corrected chi connectivity index (χ3v) is 6.49. The molecule has 0 saturated heterocycles. The number of hydrogen-bond donors (Lipinski definition) is 2. The standard InChI is InChI=1S/C29H22N8O/c1-18-15-37(17-33-18)27-14-31-13-26-23(27)9-25(34-26)28-24-8-21(11-32-29(24)36-35-28)20-7-22(12-30-10-20)38-16-19-5-3-2-4-6-19/h2-15,17,34H,16H2,1H3,(H,32,35,36). The minimum Gasteiger partial charge on any atom is -0.487 e. The van der Waals surface area contributed by atoms with Crippen LogP contribution in [0.25, 0.3) is 50.1 Å². The van der Waals surface area contributed by atoms with Crippen LogP contribution >= 0.6 is 0 Å². The highest BCUT2D eigenvalue weighted by atomic mass is 16.5. The van der Waals surface area contributed by atoms with Crippen LogP contribution in [0.15, 0.2) is 92.0 Å². The van der Waals surface area contributed by atoms with Crippen molar-refractivity contribution in [2.75, 3.05) is 0 Å². The number of imidazole rings is 1. The molecule has 184 valence electrons. The van der Waals surface area contributed by atoms with E-state index < -0.39 is 0 Å². The molecule has 6 aromatic heterocycles. The number of benzene rings is 1. The molecule has 0 fully saturated rings. The zero-order valence-electron chi connectivity index (χ0n) is 20.5. The number of aryl methyl sites for hydroxylation is 1. The minimum absolute atomic E-state index is 0.477. The third-order valence-electron chi connectivity index (χ3n) is 6.49. The molecule has 0 aliphatic rings. The summed E-state index contributed by atoms with van der Waals surface area (Å²) >= 11 is 0. The second-order valence-electron chi connectivity index (χ2n) is 9.10. The molecule has 0 spiro atoms. The molecule has 7 rings (SSSR count). The van der Waals surface area contributed by atoms with Gasteiger partial charge >= 0.3 is 0 Å². The summed E-state index contributed by atoms with van der Waals surface area (Å²) < 4.78 is 7.96. The topological polar surface area (TPSA) is 110 Å². The molecule has 0 unspecified atom stereocenters. The van der Waals surface area contributed by atoms with E-state index in [0.29, 0.717) is 18.0 Å². The third kappa shape index (κ3) is 3.96. The maximum absolute atomic E-state index is 5.98. The van der Waals surface area contributed by atoms with Crippen LogP contribution in [0, 0.1) is 6.92 Å². The number of aromatic amines is 2. The highest BCUT2D eigenvalue weighted by molar-refractivity contribution is 5.97. The van der Waals surface area contributed by atoms with Crippen LogP contribution < -0.4 is 4.74 Å². The minimum atomic E-state index is 0.477. The van der Waals surface area contributed by atoms with Gasteiger partial charge in [0.25, 0.3) is 0 Å². The fourth-order valence-corrected chi connectivity index (χ4v) is 4.59. The number of rotatable bonds is 6. The van der Waals surface area contributed by atoms with Crippen LogP contribution in [0.3, 0.4) is 0 Å². The predicted octanol–water partition coefficient (Wildman–Crippen LogP) is 5.64. The molecule has 2 N–H and O–H groups in total. The molecule has 7 aromatic rings. The molecule has 0 aliphatic carbocycles. The fourth-order valence-electron chi connectivity index (χ4n) is 4.59. The molecule has 9 heteroatoms. The van der Waals surface area contributed by atoms with Crippen molar-refractivity contribution in [2.24, 2.45) is 0 Å². The largest absolute Gasteiger partial charge is 0.487 e. The first kappa shape index (κ1) is 21.9. The molecular formula is C29H22N8O. The van der Waals surface area contributed by atoms with Gasteiger partial charge in [-0.2, -0.15) is 5.10 Å². The van der Waals surface area contributed by atoms with Crippen molar-refractivity contribution in [1.82, 2.24) is 39.7 Å². The normalized spacial score (nSPS) is 11.4. The van der Waals surface area contributed by atoms with Crippen molar-refractivity contribution < 1.29 is 4.74 Å². The van der Waals surface area contributed by atoms with Gasteiger partial charge in [-0.1, -0.05) is 30.3 Å². The Balaban J connectivity index is 1.24. The van der Waals surface area contributed by atoms with E-state index in [2.05, 4.69) is 47.2 Å². The van der Waals surface area contributed by atoms with Gasteiger partial charge in [0, 0.05) is 40.5 Å². The first-order valence-electron chi connectivity index (χ1n) is 12.2. The Labute approximate surface area is 217 Å².